The summed E-state index contributed by atoms with van der Waals surface area (Å²) in [5.74, 6) is -0.427. The summed E-state index contributed by atoms with van der Waals surface area (Å²) in [6, 6.07) is 5.88. The molecule has 16 heavy (non-hydrogen) atoms. The fraction of sp³-hybridized carbons (Fsp3) is 0.0909. The average molecular weight is 215 g/mol. The average Bonchev–Trinajstić information content (AvgIpc) is 2.75. The summed E-state index contributed by atoms with van der Waals surface area (Å²) in [4.78, 5) is 17.9. The highest BCUT2D eigenvalue weighted by atomic mass is 16.4. The molecule has 0 aliphatic heterocycles. The summed E-state index contributed by atoms with van der Waals surface area (Å²) in [5, 5.41) is 8.86. The third-order valence-corrected chi connectivity index (χ3v) is 2.58. The molecule has 2 heterocycles. The van der Waals surface area contributed by atoms with Crippen molar-refractivity contribution in [2.45, 2.75) is 6.92 Å². The molecule has 80 valence electrons. The molecule has 0 unspecified atom stereocenters. The van der Waals surface area contributed by atoms with E-state index in [0.717, 1.165) is 16.6 Å². The third kappa shape index (κ3) is 1.11. The van der Waals surface area contributed by atoms with E-state index in [4.69, 9.17) is 5.11 Å². The maximum Gasteiger partial charge on any atom is 0.353 e. The first-order valence-electron chi connectivity index (χ1n) is 4.86. The van der Waals surface area contributed by atoms with Crippen molar-refractivity contribution in [2.75, 3.05) is 0 Å². The molecule has 2 aromatic heterocycles. The van der Waals surface area contributed by atoms with Crippen molar-refractivity contribution >= 4 is 22.8 Å². The minimum Gasteiger partial charge on any atom is -0.477 e. The van der Waals surface area contributed by atoms with Gasteiger partial charge >= 0.3 is 5.97 Å². The van der Waals surface area contributed by atoms with E-state index in [0.29, 0.717) is 5.78 Å². The van der Waals surface area contributed by atoms with Gasteiger partial charge in [-0.2, -0.15) is 0 Å². The lowest BCUT2D eigenvalue weighted by molar-refractivity contribution is 0.0691. The number of hydrogen-bond acceptors (Lipinski definition) is 2. The number of hydrogen-bond donors (Lipinski definition) is 2. The van der Waals surface area contributed by atoms with Gasteiger partial charge in [-0.25, -0.2) is 9.78 Å². The van der Waals surface area contributed by atoms with Gasteiger partial charge in [0.1, 0.15) is 5.69 Å². The standard InChI is InChI=1S/C11H9N3O2/c1-6-2-3-7-9(4-6)14-5-8(10(15)16)13-11(14)12-7/h2-5H,1H3,(H,12,13)(H,15,16). The minimum atomic E-state index is -0.980. The molecule has 0 radical (unpaired) electrons. The molecular formula is C11H9N3O2. The van der Waals surface area contributed by atoms with Crippen LogP contribution in [0.25, 0.3) is 16.8 Å². The highest BCUT2D eigenvalue weighted by molar-refractivity contribution is 5.88. The zero-order chi connectivity index (χ0) is 11.3. The summed E-state index contributed by atoms with van der Waals surface area (Å²) < 4.78 is 1.76. The van der Waals surface area contributed by atoms with E-state index in [1.807, 2.05) is 25.1 Å². The zero-order valence-corrected chi connectivity index (χ0v) is 8.56. The summed E-state index contributed by atoms with van der Waals surface area (Å²) >= 11 is 0. The maximum absolute atomic E-state index is 10.8. The van der Waals surface area contributed by atoms with Crippen LogP contribution in [-0.4, -0.2) is 25.4 Å². The Morgan fingerprint density at radius 3 is 3.06 bits per heavy atom. The molecule has 3 rings (SSSR count). The molecule has 0 fully saturated rings. The van der Waals surface area contributed by atoms with E-state index in [1.54, 1.807) is 10.6 Å². The number of aryl methyl sites for hydroxylation is 1. The topological polar surface area (TPSA) is 70.4 Å². The Balaban J connectivity index is 2.40. The van der Waals surface area contributed by atoms with Crippen molar-refractivity contribution in [1.82, 2.24) is 14.4 Å². The molecule has 0 spiro atoms. The second kappa shape index (κ2) is 2.85. The number of aromatic carboxylic acids is 1. The van der Waals surface area contributed by atoms with Gasteiger partial charge in [0.05, 0.1) is 11.0 Å². The fourth-order valence-electron chi connectivity index (χ4n) is 1.81. The normalized spacial score (nSPS) is 11.3. The molecule has 0 saturated heterocycles. The first kappa shape index (κ1) is 8.96. The van der Waals surface area contributed by atoms with Crippen LogP contribution in [0.3, 0.4) is 0 Å². The molecule has 5 heteroatoms. The van der Waals surface area contributed by atoms with Gasteiger partial charge in [0.15, 0.2) is 0 Å². The molecule has 1 aromatic carbocycles. The highest BCUT2D eigenvalue weighted by Crippen LogP contribution is 2.18. The third-order valence-electron chi connectivity index (χ3n) is 2.58. The largest absolute Gasteiger partial charge is 0.477 e. The van der Waals surface area contributed by atoms with Crippen molar-refractivity contribution in [2.24, 2.45) is 0 Å². The lowest BCUT2D eigenvalue weighted by Crippen LogP contribution is -1.95. The Kier molecular flexibility index (Phi) is 1.60. The first-order chi connectivity index (χ1) is 7.65. The molecule has 0 saturated carbocycles. The molecule has 0 amide bonds. The van der Waals surface area contributed by atoms with E-state index in [2.05, 4.69) is 9.97 Å². The first-order valence-corrected chi connectivity index (χ1v) is 4.86. The molecule has 3 aromatic rings. The number of aromatic amines is 1. The summed E-state index contributed by atoms with van der Waals surface area (Å²) in [6.45, 7) is 1.99. The quantitative estimate of drug-likeness (QED) is 0.650. The summed E-state index contributed by atoms with van der Waals surface area (Å²) in [5.41, 5.74) is 3.03. The molecule has 0 aliphatic rings. The van der Waals surface area contributed by atoms with Crippen molar-refractivity contribution in [1.29, 1.82) is 0 Å². The fourth-order valence-corrected chi connectivity index (χ4v) is 1.81. The minimum absolute atomic E-state index is 0.144. The predicted octanol–water partition coefficient (Wildman–Crippen LogP) is 1.82. The van der Waals surface area contributed by atoms with E-state index in [9.17, 15) is 4.79 Å². The molecule has 0 aliphatic carbocycles. The van der Waals surface area contributed by atoms with Crippen molar-refractivity contribution in [3.8, 4) is 0 Å². The van der Waals surface area contributed by atoms with Gasteiger partial charge in [0.2, 0.25) is 5.78 Å². The summed E-state index contributed by atoms with van der Waals surface area (Å²) in [6.07, 6.45) is 1.55. The Morgan fingerprint density at radius 1 is 1.50 bits per heavy atom. The lowest BCUT2D eigenvalue weighted by Gasteiger charge is -1.92. The van der Waals surface area contributed by atoms with Crippen LogP contribution in [0, 0.1) is 6.92 Å². The van der Waals surface area contributed by atoms with Crippen LogP contribution < -0.4 is 0 Å². The smallest absolute Gasteiger partial charge is 0.353 e. The molecule has 5 nitrogen and oxygen atoms in total. The van der Waals surface area contributed by atoms with Crippen molar-refractivity contribution in [3.63, 3.8) is 0 Å². The summed E-state index contributed by atoms with van der Waals surface area (Å²) in [7, 11) is 0. The van der Waals surface area contributed by atoms with Gasteiger partial charge in [-0.1, -0.05) is 6.07 Å². The number of imidazole rings is 2. The Bertz CT molecular complexity index is 708. The van der Waals surface area contributed by atoms with E-state index in [1.165, 1.54) is 0 Å². The monoisotopic (exact) mass is 215 g/mol. The van der Waals surface area contributed by atoms with Crippen LogP contribution in [-0.2, 0) is 0 Å². The number of carboxylic acid groups (broad SMARTS) is 1. The van der Waals surface area contributed by atoms with Gasteiger partial charge < -0.3 is 10.1 Å². The number of aromatic nitrogens is 3. The van der Waals surface area contributed by atoms with Gasteiger partial charge in [-0.15, -0.1) is 0 Å². The Labute approximate surface area is 90.3 Å². The Morgan fingerprint density at radius 2 is 2.31 bits per heavy atom. The number of carbonyl (C=O) groups is 1. The number of nitrogens with zero attached hydrogens (tertiary/aromatic N) is 2. The lowest BCUT2D eigenvalue weighted by atomic mass is 10.2. The van der Waals surface area contributed by atoms with Crippen LogP contribution in [0.4, 0.5) is 0 Å². The van der Waals surface area contributed by atoms with Gasteiger partial charge in [0, 0.05) is 6.20 Å². The number of rotatable bonds is 1. The number of nitrogens with one attached hydrogen (secondary N) is 1. The van der Waals surface area contributed by atoms with E-state index >= 15 is 0 Å². The van der Waals surface area contributed by atoms with Crippen LogP contribution >= 0.6 is 0 Å². The van der Waals surface area contributed by atoms with Gasteiger partial charge in [-0.3, -0.25) is 4.40 Å². The zero-order valence-electron chi connectivity index (χ0n) is 8.56. The van der Waals surface area contributed by atoms with Gasteiger partial charge in [-0.05, 0) is 24.6 Å². The predicted molar refractivity (Wildman–Crippen MR) is 58.7 cm³/mol. The van der Waals surface area contributed by atoms with Crippen LogP contribution in [0.15, 0.2) is 24.4 Å². The Hall–Kier alpha value is -2.30. The number of fused-ring (bicyclic) bond motifs is 3. The van der Waals surface area contributed by atoms with Crippen LogP contribution in [0.2, 0.25) is 0 Å². The van der Waals surface area contributed by atoms with Gasteiger partial charge in [0.25, 0.3) is 0 Å². The second-order valence-corrected chi connectivity index (χ2v) is 3.77. The highest BCUT2D eigenvalue weighted by Gasteiger charge is 2.11. The second-order valence-electron chi connectivity index (χ2n) is 3.77. The molecule has 0 atom stereocenters. The van der Waals surface area contributed by atoms with Crippen LogP contribution in [0.5, 0.6) is 0 Å². The SMILES string of the molecule is Cc1ccc2nc3[nH]c(C(=O)O)cn3c2c1. The number of H-pyrrole nitrogens is 1. The van der Waals surface area contributed by atoms with Crippen molar-refractivity contribution in [3.05, 3.63) is 35.7 Å². The molecule has 2 N–H and O–H groups in total. The molecular weight excluding hydrogens is 206 g/mol. The van der Waals surface area contributed by atoms with Crippen LogP contribution in [0.1, 0.15) is 16.1 Å². The van der Waals surface area contributed by atoms with E-state index in [-0.39, 0.29) is 5.69 Å². The molecule has 0 bridgehead atoms. The number of carboxylic acids is 1. The van der Waals surface area contributed by atoms with Crippen molar-refractivity contribution < 1.29 is 9.90 Å². The maximum atomic E-state index is 10.8. The van der Waals surface area contributed by atoms with E-state index < -0.39 is 5.97 Å². The number of benzene rings is 1.